The average molecular weight is 251 g/mol. The minimum Gasteiger partial charge on any atom is -0.458 e. The van der Waals surface area contributed by atoms with Gasteiger partial charge in [-0.3, -0.25) is 0 Å². The molecule has 0 bridgehead atoms. The van der Waals surface area contributed by atoms with E-state index in [1.165, 1.54) is 0 Å². The van der Waals surface area contributed by atoms with Crippen LogP contribution in [-0.4, -0.2) is 21.1 Å². The second kappa shape index (κ2) is 5.22. The molecule has 1 aromatic rings. The Balaban J connectivity index is 2.74. The summed E-state index contributed by atoms with van der Waals surface area (Å²) in [4.78, 5) is 8.64. The smallest absolute Gasteiger partial charge is 0.317 e. The van der Waals surface area contributed by atoms with Crippen LogP contribution in [-0.2, 0) is 6.54 Å². The van der Waals surface area contributed by atoms with Crippen LogP contribution in [0.1, 0.15) is 52.8 Å². The van der Waals surface area contributed by atoms with Crippen LogP contribution in [0.15, 0.2) is 6.20 Å². The fraction of sp³-hybridized carbons (Fsp3) is 0.714. The lowest BCUT2D eigenvalue weighted by molar-refractivity contribution is 0.116. The molecule has 1 rings (SSSR count). The van der Waals surface area contributed by atoms with Crippen LogP contribution in [0.3, 0.4) is 0 Å². The minimum absolute atomic E-state index is 0.0903. The standard InChI is InChI=1S/C14H25N3O/c1-10-11(9-16-13(2,3)4)8-15-12(17-10)18-14(5,6)7/h8,16H,9H2,1-7H3. The van der Waals surface area contributed by atoms with Gasteiger partial charge in [-0.05, 0) is 48.5 Å². The van der Waals surface area contributed by atoms with Gasteiger partial charge in [-0.1, -0.05) is 0 Å². The van der Waals surface area contributed by atoms with E-state index in [1.54, 1.807) is 0 Å². The third-order valence-electron chi connectivity index (χ3n) is 2.27. The number of nitrogens with zero attached hydrogens (tertiary/aromatic N) is 2. The van der Waals surface area contributed by atoms with Crippen molar-refractivity contribution in [1.82, 2.24) is 15.3 Å². The first kappa shape index (κ1) is 14.9. The molecule has 0 fully saturated rings. The SMILES string of the molecule is Cc1nc(OC(C)(C)C)ncc1CNC(C)(C)C. The van der Waals surface area contributed by atoms with Crippen LogP contribution in [0.2, 0.25) is 0 Å². The van der Waals surface area contributed by atoms with Crippen molar-refractivity contribution in [2.24, 2.45) is 0 Å². The van der Waals surface area contributed by atoms with Crippen molar-refractivity contribution < 1.29 is 4.74 Å². The summed E-state index contributed by atoms with van der Waals surface area (Å²) >= 11 is 0. The van der Waals surface area contributed by atoms with Crippen LogP contribution < -0.4 is 10.1 Å². The Morgan fingerprint density at radius 3 is 2.22 bits per heavy atom. The maximum atomic E-state index is 5.64. The first-order valence-electron chi connectivity index (χ1n) is 6.33. The van der Waals surface area contributed by atoms with Gasteiger partial charge in [0.2, 0.25) is 0 Å². The van der Waals surface area contributed by atoms with E-state index in [0.717, 1.165) is 17.8 Å². The van der Waals surface area contributed by atoms with Gasteiger partial charge in [-0.15, -0.1) is 0 Å². The minimum atomic E-state index is -0.266. The fourth-order valence-corrected chi connectivity index (χ4v) is 1.33. The highest BCUT2D eigenvalue weighted by molar-refractivity contribution is 5.18. The molecule has 0 spiro atoms. The molecule has 1 aromatic heterocycles. The van der Waals surface area contributed by atoms with E-state index < -0.39 is 0 Å². The van der Waals surface area contributed by atoms with Crippen LogP contribution in [0.25, 0.3) is 0 Å². The molecular formula is C14H25N3O. The third kappa shape index (κ3) is 5.45. The lowest BCUT2D eigenvalue weighted by Crippen LogP contribution is -2.35. The van der Waals surface area contributed by atoms with Crippen LogP contribution in [0.4, 0.5) is 0 Å². The molecule has 0 aromatic carbocycles. The van der Waals surface area contributed by atoms with E-state index >= 15 is 0 Å². The second-order valence-corrected chi connectivity index (χ2v) is 6.58. The molecule has 0 unspecified atom stereocenters. The van der Waals surface area contributed by atoms with Crippen LogP contribution in [0.5, 0.6) is 6.01 Å². The van der Waals surface area contributed by atoms with Gasteiger partial charge in [-0.25, -0.2) is 9.97 Å². The first-order chi connectivity index (χ1) is 8.07. The van der Waals surface area contributed by atoms with E-state index in [2.05, 4.69) is 36.1 Å². The van der Waals surface area contributed by atoms with E-state index in [0.29, 0.717) is 6.01 Å². The van der Waals surface area contributed by atoms with E-state index in [1.807, 2.05) is 33.9 Å². The summed E-state index contributed by atoms with van der Waals surface area (Å²) in [6, 6.07) is 0.444. The van der Waals surface area contributed by atoms with Crippen molar-refractivity contribution in [2.45, 2.75) is 66.2 Å². The highest BCUT2D eigenvalue weighted by Gasteiger charge is 2.15. The monoisotopic (exact) mass is 251 g/mol. The van der Waals surface area contributed by atoms with Gasteiger partial charge in [0.05, 0.1) is 0 Å². The summed E-state index contributed by atoms with van der Waals surface area (Å²) in [6.45, 7) is 15.1. The predicted octanol–water partition coefficient (Wildman–Crippen LogP) is 2.85. The van der Waals surface area contributed by atoms with Crippen molar-refractivity contribution in [1.29, 1.82) is 0 Å². The van der Waals surface area contributed by atoms with Gasteiger partial charge < -0.3 is 10.1 Å². The summed E-state index contributed by atoms with van der Waals surface area (Å²) in [6.07, 6.45) is 1.84. The Bertz CT molecular complexity index is 402. The van der Waals surface area contributed by atoms with E-state index in [-0.39, 0.29) is 11.1 Å². The normalized spacial score (nSPS) is 12.6. The Hall–Kier alpha value is -1.16. The molecule has 0 saturated carbocycles. The molecule has 0 amide bonds. The largest absolute Gasteiger partial charge is 0.458 e. The number of aromatic nitrogens is 2. The van der Waals surface area contributed by atoms with Crippen molar-refractivity contribution >= 4 is 0 Å². The number of aryl methyl sites for hydroxylation is 1. The lowest BCUT2D eigenvalue weighted by atomic mass is 10.1. The van der Waals surface area contributed by atoms with Crippen molar-refractivity contribution in [2.75, 3.05) is 0 Å². The molecule has 1 heterocycles. The molecular weight excluding hydrogens is 226 g/mol. The summed E-state index contributed by atoms with van der Waals surface area (Å²) in [5.41, 5.74) is 1.89. The van der Waals surface area contributed by atoms with Gasteiger partial charge in [0, 0.05) is 29.5 Å². The summed E-state index contributed by atoms with van der Waals surface area (Å²) in [5, 5.41) is 3.43. The highest BCUT2D eigenvalue weighted by Crippen LogP contribution is 2.15. The highest BCUT2D eigenvalue weighted by atomic mass is 16.5. The van der Waals surface area contributed by atoms with Gasteiger partial charge in [0.1, 0.15) is 5.60 Å². The maximum absolute atomic E-state index is 5.64. The molecule has 0 aliphatic carbocycles. The maximum Gasteiger partial charge on any atom is 0.317 e. The topological polar surface area (TPSA) is 47.0 Å². The van der Waals surface area contributed by atoms with Crippen LogP contribution >= 0.6 is 0 Å². The zero-order valence-corrected chi connectivity index (χ0v) is 12.6. The molecule has 0 aliphatic rings. The molecule has 102 valence electrons. The van der Waals surface area contributed by atoms with Crippen molar-refractivity contribution in [3.63, 3.8) is 0 Å². The molecule has 0 radical (unpaired) electrons. The zero-order chi connectivity index (χ0) is 14.0. The van der Waals surface area contributed by atoms with Crippen molar-refractivity contribution in [3.8, 4) is 6.01 Å². The van der Waals surface area contributed by atoms with E-state index in [4.69, 9.17) is 4.74 Å². The molecule has 0 aliphatic heterocycles. The molecule has 4 heteroatoms. The predicted molar refractivity (Wildman–Crippen MR) is 73.7 cm³/mol. The van der Waals surface area contributed by atoms with Crippen LogP contribution in [0, 0.1) is 6.92 Å². The zero-order valence-electron chi connectivity index (χ0n) is 12.6. The molecule has 0 saturated heterocycles. The number of ether oxygens (including phenoxy) is 1. The second-order valence-electron chi connectivity index (χ2n) is 6.58. The number of hydrogen-bond acceptors (Lipinski definition) is 4. The number of nitrogens with one attached hydrogen (secondary N) is 1. The number of hydrogen-bond donors (Lipinski definition) is 1. The summed E-state index contributed by atoms with van der Waals surface area (Å²) in [5.74, 6) is 0. The molecule has 4 nitrogen and oxygen atoms in total. The third-order valence-corrected chi connectivity index (χ3v) is 2.27. The summed E-state index contributed by atoms with van der Waals surface area (Å²) < 4.78 is 5.64. The lowest BCUT2D eigenvalue weighted by Gasteiger charge is -2.22. The Kier molecular flexibility index (Phi) is 4.32. The van der Waals surface area contributed by atoms with Gasteiger partial charge in [-0.2, -0.15) is 0 Å². The molecule has 0 atom stereocenters. The quantitative estimate of drug-likeness (QED) is 0.897. The van der Waals surface area contributed by atoms with Crippen molar-refractivity contribution in [3.05, 3.63) is 17.5 Å². The first-order valence-corrected chi connectivity index (χ1v) is 6.33. The molecule has 1 N–H and O–H groups in total. The van der Waals surface area contributed by atoms with Gasteiger partial charge in [0.25, 0.3) is 0 Å². The Morgan fingerprint density at radius 1 is 1.17 bits per heavy atom. The van der Waals surface area contributed by atoms with Gasteiger partial charge in [0.15, 0.2) is 0 Å². The Labute approximate surface area is 110 Å². The molecule has 18 heavy (non-hydrogen) atoms. The fourth-order valence-electron chi connectivity index (χ4n) is 1.33. The van der Waals surface area contributed by atoms with Gasteiger partial charge >= 0.3 is 6.01 Å². The number of rotatable bonds is 3. The summed E-state index contributed by atoms with van der Waals surface area (Å²) in [7, 11) is 0. The average Bonchev–Trinajstić information content (AvgIpc) is 2.12. The Morgan fingerprint density at radius 2 is 1.78 bits per heavy atom. The van der Waals surface area contributed by atoms with E-state index in [9.17, 15) is 0 Å².